The van der Waals surface area contributed by atoms with E-state index in [9.17, 15) is 4.79 Å². The van der Waals surface area contributed by atoms with Gasteiger partial charge in [0, 0.05) is 18.3 Å². The SMILES string of the molecule is C=CC(C)(C=CCC(=O)CC)CC. The predicted molar refractivity (Wildman–Crippen MR) is 57.7 cm³/mol. The minimum Gasteiger partial charge on any atom is -0.299 e. The van der Waals surface area contributed by atoms with Gasteiger partial charge >= 0.3 is 0 Å². The van der Waals surface area contributed by atoms with Gasteiger partial charge in [-0.1, -0.05) is 39.0 Å². The van der Waals surface area contributed by atoms with E-state index in [-0.39, 0.29) is 5.41 Å². The Hall–Kier alpha value is -0.850. The summed E-state index contributed by atoms with van der Waals surface area (Å²) >= 11 is 0. The van der Waals surface area contributed by atoms with Crippen LogP contribution in [0.4, 0.5) is 0 Å². The summed E-state index contributed by atoms with van der Waals surface area (Å²) in [5, 5.41) is 0. The molecule has 0 aliphatic carbocycles. The Balaban J connectivity index is 4.09. The Morgan fingerprint density at radius 1 is 1.46 bits per heavy atom. The van der Waals surface area contributed by atoms with Crippen molar-refractivity contribution in [1.82, 2.24) is 0 Å². The molecule has 0 amide bonds. The molecule has 0 aromatic heterocycles. The first-order valence-electron chi connectivity index (χ1n) is 4.91. The van der Waals surface area contributed by atoms with E-state index in [1.165, 1.54) is 0 Å². The Morgan fingerprint density at radius 2 is 2.08 bits per heavy atom. The zero-order valence-electron chi connectivity index (χ0n) is 8.97. The van der Waals surface area contributed by atoms with Crippen molar-refractivity contribution in [2.75, 3.05) is 0 Å². The van der Waals surface area contributed by atoms with Gasteiger partial charge in [-0.3, -0.25) is 4.79 Å². The van der Waals surface area contributed by atoms with E-state index in [1.54, 1.807) is 0 Å². The highest BCUT2D eigenvalue weighted by Gasteiger charge is 2.12. The molecule has 0 radical (unpaired) electrons. The van der Waals surface area contributed by atoms with Gasteiger partial charge < -0.3 is 0 Å². The molecule has 0 heterocycles. The molecular formula is C12H20O. The normalized spacial score (nSPS) is 15.6. The first-order chi connectivity index (χ1) is 6.08. The van der Waals surface area contributed by atoms with Crippen LogP contribution in [0.2, 0.25) is 0 Å². The maximum atomic E-state index is 11.0. The summed E-state index contributed by atoms with van der Waals surface area (Å²) in [4.78, 5) is 11.0. The van der Waals surface area contributed by atoms with Gasteiger partial charge in [0.25, 0.3) is 0 Å². The molecule has 13 heavy (non-hydrogen) atoms. The van der Waals surface area contributed by atoms with Crippen LogP contribution >= 0.6 is 0 Å². The lowest BCUT2D eigenvalue weighted by Crippen LogP contribution is -2.06. The van der Waals surface area contributed by atoms with E-state index in [0.29, 0.717) is 18.6 Å². The van der Waals surface area contributed by atoms with Crippen LogP contribution < -0.4 is 0 Å². The second-order valence-electron chi connectivity index (χ2n) is 3.56. The molecule has 0 aliphatic heterocycles. The fourth-order valence-corrected chi connectivity index (χ4v) is 0.934. The standard InChI is InChI=1S/C12H20O/c1-5-11(13)9-8-10-12(4,6-2)7-3/h6,8,10H,2,5,7,9H2,1,3-4H3. The van der Waals surface area contributed by atoms with Gasteiger partial charge in [-0.15, -0.1) is 6.58 Å². The fourth-order valence-electron chi connectivity index (χ4n) is 0.934. The Bertz CT molecular complexity index is 203. The lowest BCUT2D eigenvalue weighted by molar-refractivity contribution is -0.117. The van der Waals surface area contributed by atoms with Crippen molar-refractivity contribution in [3.05, 3.63) is 24.8 Å². The van der Waals surface area contributed by atoms with Gasteiger partial charge in [-0.2, -0.15) is 0 Å². The summed E-state index contributed by atoms with van der Waals surface area (Å²) in [7, 11) is 0. The van der Waals surface area contributed by atoms with Crippen molar-refractivity contribution >= 4 is 5.78 Å². The van der Waals surface area contributed by atoms with Crippen LogP contribution in [-0.4, -0.2) is 5.78 Å². The van der Waals surface area contributed by atoms with Crippen molar-refractivity contribution in [3.8, 4) is 0 Å². The number of carbonyl (C=O) groups excluding carboxylic acids is 1. The Morgan fingerprint density at radius 3 is 2.46 bits per heavy atom. The molecule has 0 bridgehead atoms. The summed E-state index contributed by atoms with van der Waals surface area (Å²) in [5.74, 6) is 0.291. The highest BCUT2D eigenvalue weighted by atomic mass is 16.1. The van der Waals surface area contributed by atoms with Crippen LogP contribution in [0.25, 0.3) is 0 Å². The molecular weight excluding hydrogens is 160 g/mol. The smallest absolute Gasteiger partial charge is 0.136 e. The lowest BCUT2D eigenvalue weighted by atomic mass is 9.87. The van der Waals surface area contributed by atoms with Crippen molar-refractivity contribution < 1.29 is 4.79 Å². The minimum atomic E-state index is 0.0496. The minimum absolute atomic E-state index is 0.0496. The zero-order valence-corrected chi connectivity index (χ0v) is 8.97. The third-order valence-electron chi connectivity index (χ3n) is 2.47. The summed E-state index contributed by atoms with van der Waals surface area (Å²) in [5.41, 5.74) is 0.0496. The third-order valence-corrected chi connectivity index (χ3v) is 2.47. The summed E-state index contributed by atoms with van der Waals surface area (Å²) in [6.07, 6.45) is 8.17. The van der Waals surface area contributed by atoms with E-state index in [0.717, 1.165) is 6.42 Å². The molecule has 0 N–H and O–H groups in total. The predicted octanol–water partition coefficient (Wildman–Crippen LogP) is 3.51. The molecule has 0 aliphatic rings. The topological polar surface area (TPSA) is 17.1 Å². The molecule has 0 fully saturated rings. The molecule has 0 aromatic rings. The Kier molecular flexibility index (Phi) is 5.36. The van der Waals surface area contributed by atoms with Gasteiger partial charge in [0.2, 0.25) is 0 Å². The number of Topliss-reactive ketones (excluding diaryl/α,β-unsaturated/α-hetero) is 1. The molecule has 74 valence electrons. The fraction of sp³-hybridized carbons (Fsp3) is 0.583. The molecule has 1 nitrogen and oxygen atoms in total. The third kappa shape index (κ3) is 4.66. The van der Waals surface area contributed by atoms with Crippen molar-refractivity contribution in [1.29, 1.82) is 0 Å². The number of ketones is 1. The summed E-state index contributed by atoms with van der Waals surface area (Å²) in [6, 6.07) is 0. The molecule has 0 spiro atoms. The molecule has 0 saturated heterocycles. The van der Waals surface area contributed by atoms with E-state index in [1.807, 2.05) is 19.1 Å². The highest BCUT2D eigenvalue weighted by Crippen LogP contribution is 2.23. The summed E-state index contributed by atoms with van der Waals surface area (Å²) < 4.78 is 0. The van der Waals surface area contributed by atoms with Crippen LogP contribution in [0.3, 0.4) is 0 Å². The second kappa shape index (κ2) is 5.74. The van der Waals surface area contributed by atoms with Gasteiger partial charge in [0.1, 0.15) is 5.78 Å². The average Bonchev–Trinajstić information content (AvgIpc) is 2.17. The van der Waals surface area contributed by atoms with Crippen LogP contribution in [0.15, 0.2) is 24.8 Å². The van der Waals surface area contributed by atoms with Gasteiger partial charge in [0.15, 0.2) is 0 Å². The van der Waals surface area contributed by atoms with Crippen LogP contribution in [0.1, 0.15) is 40.0 Å². The van der Waals surface area contributed by atoms with E-state index in [2.05, 4.69) is 26.5 Å². The monoisotopic (exact) mass is 180 g/mol. The summed E-state index contributed by atoms with van der Waals surface area (Å²) in [6.45, 7) is 9.91. The van der Waals surface area contributed by atoms with E-state index >= 15 is 0 Å². The maximum absolute atomic E-state index is 11.0. The lowest BCUT2D eigenvalue weighted by Gasteiger charge is -2.18. The highest BCUT2D eigenvalue weighted by molar-refractivity contribution is 5.79. The molecule has 1 atom stereocenters. The van der Waals surface area contributed by atoms with Crippen LogP contribution in [0, 0.1) is 5.41 Å². The quantitative estimate of drug-likeness (QED) is 0.572. The Labute approximate surface area is 81.5 Å². The zero-order chi connectivity index (χ0) is 10.3. The first-order valence-corrected chi connectivity index (χ1v) is 4.91. The van der Waals surface area contributed by atoms with Crippen molar-refractivity contribution in [3.63, 3.8) is 0 Å². The maximum Gasteiger partial charge on any atom is 0.136 e. The molecule has 1 heteroatoms. The van der Waals surface area contributed by atoms with Crippen molar-refractivity contribution in [2.24, 2.45) is 5.41 Å². The number of rotatable bonds is 6. The van der Waals surface area contributed by atoms with Crippen molar-refractivity contribution in [2.45, 2.75) is 40.0 Å². The average molecular weight is 180 g/mol. The molecule has 0 saturated carbocycles. The van der Waals surface area contributed by atoms with Gasteiger partial charge in [0.05, 0.1) is 0 Å². The largest absolute Gasteiger partial charge is 0.299 e. The number of carbonyl (C=O) groups is 1. The van der Waals surface area contributed by atoms with E-state index in [4.69, 9.17) is 0 Å². The first kappa shape index (κ1) is 12.2. The number of hydrogen-bond donors (Lipinski definition) is 0. The van der Waals surface area contributed by atoms with Crippen LogP contribution in [0.5, 0.6) is 0 Å². The second-order valence-corrected chi connectivity index (χ2v) is 3.56. The molecule has 1 unspecified atom stereocenters. The van der Waals surface area contributed by atoms with Gasteiger partial charge in [-0.25, -0.2) is 0 Å². The van der Waals surface area contributed by atoms with Crippen LogP contribution in [-0.2, 0) is 4.79 Å². The molecule has 0 rings (SSSR count). The van der Waals surface area contributed by atoms with Gasteiger partial charge in [-0.05, 0) is 6.42 Å². The van der Waals surface area contributed by atoms with E-state index < -0.39 is 0 Å². The number of allylic oxidation sites excluding steroid dienone is 3. The molecule has 0 aromatic carbocycles. The number of hydrogen-bond acceptors (Lipinski definition) is 1.